The molecule has 120 valence electrons. The first kappa shape index (κ1) is 16.6. The first-order valence-electron chi connectivity index (χ1n) is 6.73. The maximum atomic E-state index is 12.7. The zero-order valence-electron chi connectivity index (χ0n) is 12.2. The third-order valence-corrected chi connectivity index (χ3v) is 3.20. The molecule has 0 fully saturated rings. The van der Waals surface area contributed by atoms with Crippen molar-refractivity contribution in [1.82, 2.24) is 4.90 Å². The number of rotatable bonds is 4. The normalized spacial score (nSPS) is 11.1. The van der Waals surface area contributed by atoms with Crippen LogP contribution in [0.5, 0.6) is 0 Å². The maximum absolute atomic E-state index is 12.7. The predicted molar refractivity (Wildman–Crippen MR) is 76.3 cm³/mol. The van der Waals surface area contributed by atoms with Crippen molar-refractivity contribution < 1.29 is 22.4 Å². The lowest BCUT2D eigenvalue weighted by Crippen LogP contribution is -2.27. The number of hydrogen-bond donors (Lipinski definition) is 0. The topological polar surface area (TPSA) is 57.2 Å². The number of carbonyl (C=O) groups is 1. The van der Waals surface area contributed by atoms with Crippen molar-refractivity contribution in [1.29, 1.82) is 5.26 Å². The van der Waals surface area contributed by atoms with Gasteiger partial charge in [-0.05, 0) is 24.3 Å². The fourth-order valence-corrected chi connectivity index (χ4v) is 1.96. The average Bonchev–Trinajstić information content (AvgIpc) is 3.01. The number of furan rings is 1. The molecule has 1 amide bonds. The number of hydrogen-bond acceptors (Lipinski definition) is 3. The van der Waals surface area contributed by atoms with Gasteiger partial charge in [-0.3, -0.25) is 4.79 Å². The van der Waals surface area contributed by atoms with Crippen LogP contribution in [0.25, 0.3) is 11.3 Å². The van der Waals surface area contributed by atoms with Gasteiger partial charge in [-0.15, -0.1) is 0 Å². The number of nitrogens with zero attached hydrogens (tertiary/aromatic N) is 2. The minimum absolute atomic E-state index is 0.0119. The van der Waals surface area contributed by atoms with Gasteiger partial charge in [0.25, 0.3) is 5.91 Å². The van der Waals surface area contributed by atoms with Gasteiger partial charge in [-0.25, -0.2) is 0 Å². The summed E-state index contributed by atoms with van der Waals surface area (Å²) in [7, 11) is 1.52. The van der Waals surface area contributed by atoms with E-state index in [4.69, 9.17) is 9.68 Å². The van der Waals surface area contributed by atoms with E-state index in [2.05, 4.69) is 0 Å². The van der Waals surface area contributed by atoms with Gasteiger partial charge in [-0.1, -0.05) is 12.1 Å². The second kappa shape index (κ2) is 6.57. The molecular formula is C16H13F3N2O2. The molecule has 2 rings (SSSR count). The van der Waals surface area contributed by atoms with Gasteiger partial charge in [0, 0.05) is 19.2 Å². The number of nitriles is 1. The fourth-order valence-electron chi connectivity index (χ4n) is 1.96. The van der Waals surface area contributed by atoms with Crippen LogP contribution in [-0.4, -0.2) is 24.4 Å². The third-order valence-electron chi connectivity index (χ3n) is 3.20. The van der Waals surface area contributed by atoms with Gasteiger partial charge < -0.3 is 9.32 Å². The Morgan fingerprint density at radius 2 is 2.04 bits per heavy atom. The van der Waals surface area contributed by atoms with Gasteiger partial charge in [0.2, 0.25) is 0 Å². The average molecular weight is 322 g/mol. The Balaban J connectivity index is 2.23. The number of benzene rings is 1. The summed E-state index contributed by atoms with van der Waals surface area (Å²) in [5, 5.41) is 8.51. The van der Waals surface area contributed by atoms with E-state index in [0.717, 1.165) is 12.1 Å². The third kappa shape index (κ3) is 3.92. The van der Waals surface area contributed by atoms with Crippen molar-refractivity contribution in [2.45, 2.75) is 12.6 Å². The van der Waals surface area contributed by atoms with Gasteiger partial charge in [0.15, 0.2) is 5.76 Å². The monoisotopic (exact) mass is 322 g/mol. The van der Waals surface area contributed by atoms with Crippen LogP contribution in [-0.2, 0) is 6.18 Å². The summed E-state index contributed by atoms with van der Waals surface area (Å²) >= 11 is 0. The van der Waals surface area contributed by atoms with E-state index in [1.54, 1.807) is 0 Å². The molecule has 0 saturated carbocycles. The molecule has 0 N–H and O–H groups in total. The first-order valence-corrected chi connectivity index (χ1v) is 6.73. The van der Waals surface area contributed by atoms with Crippen LogP contribution in [0.1, 0.15) is 22.5 Å². The van der Waals surface area contributed by atoms with Crippen LogP contribution in [0.3, 0.4) is 0 Å². The van der Waals surface area contributed by atoms with E-state index >= 15 is 0 Å². The minimum Gasteiger partial charge on any atom is -0.451 e. The van der Waals surface area contributed by atoms with Crippen LogP contribution in [0.4, 0.5) is 13.2 Å². The Morgan fingerprint density at radius 1 is 1.30 bits per heavy atom. The Kier molecular flexibility index (Phi) is 4.74. The highest BCUT2D eigenvalue weighted by Gasteiger charge is 2.30. The molecule has 7 heteroatoms. The molecule has 1 aromatic carbocycles. The highest BCUT2D eigenvalue weighted by atomic mass is 19.4. The second-order valence-corrected chi connectivity index (χ2v) is 4.88. The molecular weight excluding hydrogens is 309 g/mol. The maximum Gasteiger partial charge on any atom is 0.416 e. The van der Waals surface area contributed by atoms with Gasteiger partial charge in [0.05, 0.1) is 18.1 Å². The molecule has 0 aliphatic heterocycles. The van der Waals surface area contributed by atoms with Gasteiger partial charge in [0.1, 0.15) is 5.76 Å². The smallest absolute Gasteiger partial charge is 0.416 e. The summed E-state index contributed by atoms with van der Waals surface area (Å²) in [5.41, 5.74) is -0.552. The molecule has 1 heterocycles. The lowest BCUT2D eigenvalue weighted by Gasteiger charge is -2.13. The number of halogens is 3. The van der Waals surface area contributed by atoms with E-state index in [-0.39, 0.29) is 30.0 Å². The second-order valence-electron chi connectivity index (χ2n) is 4.88. The van der Waals surface area contributed by atoms with Crippen molar-refractivity contribution in [3.05, 3.63) is 47.7 Å². The van der Waals surface area contributed by atoms with Crippen LogP contribution in [0.2, 0.25) is 0 Å². The molecule has 0 atom stereocenters. The molecule has 0 unspecified atom stereocenters. The zero-order valence-corrected chi connectivity index (χ0v) is 12.2. The molecule has 1 aromatic heterocycles. The summed E-state index contributed by atoms with van der Waals surface area (Å²) in [6, 6.07) is 9.46. The largest absolute Gasteiger partial charge is 0.451 e. The molecule has 2 aromatic rings. The summed E-state index contributed by atoms with van der Waals surface area (Å²) in [5.74, 6) is -0.246. The first-order chi connectivity index (χ1) is 10.8. The number of amides is 1. The van der Waals surface area contributed by atoms with Crippen LogP contribution >= 0.6 is 0 Å². The van der Waals surface area contributed by atoms with Crippen LogP contribution in [0, 0.1) is 11.3 Å². The Morgan fingerprint density at radius 3 is 2.70 bits per heavy atom. The van der Waals surface area contributed by atoms with Gasteiger partial charge in [-0.2, -0.15) is 18.4 Å². The summed E-state index contributed by atoms with van der Waals surface area (Å²) < 4.78 is 43.5. The Bertz CT molecular complexity index is 744. The molecule has 23 heavy (non-hydrogen) atoms. The SMILES string of the molecule is CN(CCC#N)C(=O)c1ccc(-c2cccc(C(F)(F)F)c2)o1. The number of alkyl halides is 3. The van der Waals surface area contributed by atoms with Crippen LogP contribution < -0.4 is 0 Å². The lowest BCUT2D eigenvalue weighted by atomic mass is 10.1. The van der Waals surface area contributed by atoms with Crippen molar-refractivity contribution in [2.24, 2.45) is 0 Å². The zero-order chi connectivity index (χ0) is 17.0. The summed E-state index contributed by atoms with van der Waals surface area (Å²) in [4.78, 5) is 13.4. The van der Waals surface area contributed by atoms with E-state index in [1.807, 2.05) is 6.07 Å². The fraction of sp³-hybridized carbons (Fsp3) is 0.250. The standard InChI is InChI=1S/C16H13F3N2O2/c1-21(9-3-8-20)15(22)14-7-6-13(23-14)11-4-2-5-12(10-11)16(17,18)19/h2,4-7,10H,3,9H2,1H3. The van der Waals surface area contributed by atoms with E-state index in [0.29, 0.717) is 0 Å². The molecule has 0 saturated heterocycles. The molecule has 0 aliphatic carbocycles. The number of carbonyl (C=O) groups excluding carboxylic acids is 1. The molecule has 0 aliphatic rings. The highest BCUT2D eigenvalue weighted by molar-refractivity contribution is 5.92. The molecule has 0 radical (unpaired) electrons. The van der Waals surface area contributed by atoms with Crippen molar-refractivity contribution in [3.8, 4) is 17.4 Å². The summed E-state index contributed by atoms with van der Waals surface area (Å²) in [6.45, 7) is 0.245. The Hall–Kier alpha value is -2.75. The minimum atomic E-state index is -4.45. The highest BCUT2D eigenvalue weighted by Crippen LogP contribution is 2.32. The summed E-state index contributed by atoms with van der Waals surface area (Å²) in [6.07, 6.45) is -4.26. The van der Waals surface area contributed by atoms with Gasteiger partial charge >= 0.3 is 6.18 Å². The van der Waals surface area contributed by atoms with Crippen molar-refractivity contribution in [2.75, 3.05) is 13.6 Å². The molecule has 4 nitrogen and oxygen atoms in total. The van der Waals surface area contributed by atoms with E-state index in [9.17, 15) is 18.0 Å². The molecule has 0 bridgehead atoms. The quantitative estimate of drug-likeness (QED) is 0.856. The Labute approximate surface area is 130 Å². The molecule has 0 spiro atoms. The van der Waals surface area contributed by atoms with Crippen LogP contribution in [0.15, 0.2) is 40.8 Å². The lowest BCUT2D eigenvalue weighted by molar-refractivity contribution is -0.137. The van der Waals surface area contributed by atoms with Crippen molar-refractivity contribution >= 4 is 5.91 Å². The van der Waals surface area contributed by atoms with Crippen molar-refractivity contribution in [3.63, 3.8) is 0 Å². The van der Waals surface area contributed by atoms with E-state index in [1.165, 1.54) is 36.2 Å². The van der Waals surface area contributed by atoms with E-state index < -0.39 is 17.6 Å². The predicted octanol–water partition coefficient (Wildman–Crippen LogP) is 3.95.